The van der Waals surface area contributed by atoms with E-state index in [2.05, 4.69) is 10.3 Å². The summed E-state index contributed by atoms with van der Waals surface area (Å²) in [5.74, 6) is 0.224. The number of benzene rings is 2. The fourth-order valence-corrected chi connectivity index (χ4v) is 1.89. The fraction of sp³-hybridized carbons (Fsp3) is 0.0667. The van der Waals surface area contributed by atoms with E-state index in [1.807, 2.05) is 43.5 Å². The van der Waals surface area contributed by atoms with E-state index in [1.165, 1.54) is 5.56 Å². The number of phenolic OH excluding ortho intramolecular Hbond substituents is 1. The van der Waals surface area contributed by atoms with Gasteiger partial charge in [0, 0.05) is 5.56 Å². The quantitative estimate of drug-likeness (QED) is 0.761. The van der Waals surface area contributed by atoms with Crippen LogP contribution in [0.4, 0.5) is 0 Å². The third-order valence-corrected chi connectivity index (χ3v) is 2.93. The minimum Gasteiger partial charge on any atom is -0.508 e. The van der Waals surface area contributed by atoms with Crippen LogP contribution in [0.3, 0.4) is 0 Å². The van der Waals surface area contributed by atoms with E-state index in [0.717, 1.165) is 16.9 Å². The summed E-state index contributed by atoms with van der Waals surface area (Å²) in [5, 5.41) is 17.7. The molecule has 0 unspecified atom stereocenters. The van der Waals surface area contributed by atoms with E-state index in [-0.39, 0.29) is 5.75 Å². The van der Waals surface area contributed by atoms with Crippen molar-refractivity contribution >= 4 is 0 Å². The molecule has 2 aromatic carbocycles. The van der Waals surface area contributed by atoms with E-state index in [9.17, 15) is 5.11 Å². The predicted molar refractivity (Wildman–Crippen MR) is 73.2 cm³/mol. The highest BCUT2D eigenvalue weighted by Gasteiger charge is 2.05. The van der Waals surface area contributed by atoms with Crippen LogP contribution < -0.4 is 0 Å². The van der Waals surface area contributed by atoms with Crippen molar-refractivity contribution in [2.45, 2.75) is 6.92 Å². The monoisotopic (exact) mass is 251 g/mol. The van der Waals surface area contributed by atoms with Crippen LogP contribution in [0.25, 0.3) is 16.9 Å². The number of phenols is 1. The van der Waals surface area contributed by atoms with Gasteiger partial charge in [0.25, 0.3) is 0 Å². The molecule has 1 heterocycles. The molecule has 0 amide bonds. The smallest absolute Gasteiger partial charge is 0.116 e. The van der Waals surface area contributed by atoms with Crippen molar-refractivity contribution in [1.82, 2.24) is 15.0 Å². The molecule has 94 valence electrons. The van der Waals surface area contributed by atoms with Crippen molar-refractivity contribution in [3.8, 4) is 22.7 Å². The molecule has 0 saturated carbocycles. The Kier molecular flexibility index (Phi) is 2.76. The molecule has 0 bridgehead atoms. The molecule has 0 aliphatic rings. The van der Waals surface area contributed by atoms with Crippen LogP contribution in [-0.2, 0) is 0 Å². The Labute approximate surface area is 111 Å². The Morgan fingerprint density at radius 3 is 2.58 bits per heavy atom. The summed E-state index contributed by atoms with van der Waals surface area (Å²) < 4.78 is 1.72. The second kappa shape index (κ2) is 4.57. The molecule has 3 aromatic rings. The van der Waals surface area contributed by atoms with Gasteiger partial charge in [0.2, 0.25) is 0 Å². The molecule has 4 heteroatoms. The topological polar surface area (TPSA) is 50.9 Å². The summed E-state index contributed by atoms with van der Waals surface area (Å²) in [6.07, 6.45) is 1.85. The molecular formula is C15H13N3O. The van der Waals surface area contributed by atoms with Crippen molar-refractivity contribution in [2.24, 2.45) is 0 Å². The predicted octanol–water partition coefficient (Wildman–Crippen LogP) is 2.95. The van der Waals surface area contributed by atoms with Gasteiger partial charge in [-0.05, 0) is 31.2 Å². The van der Waals surface area contributed by atoms with Crippen molar-refractivity contribution in [3.63, 3.8) is 0 Å². The van der Waals surface area contributed by atoms with Crippen LogP contribution in [0, 0.1) is 6.92 Å². The zero-order valence-electron chi connectivity index (χ0n) is 10.5. The molecule has 1 N–H and O–H groups in total. The minimum atomic E-state index is 0.224. The lowest BCUT2D eigenvalue weighted by Gasteiger charge is -1.99. The molecule has 0 fully saturated rings. The molecule has 19 heavy (non-hydrogen) atoms. The second-order valence-corrected chi connectivity index (χ2v) is 4.43. The highest BCUT2D eigenvalue weighted by atomic mass is 16.3. The SMILES string of the molecule is Cc1ccc(-n2cc(-c3cccc(O)c3)nn2)cc1. The first-order valence-electron chi connectivity index (χ1n) is 6.01. The molecule has 0 atom stereocenters. The summed E-state index contributed by atoms with van der Waals surface area (Å²) in [6, 6.07) is 15.0. The zero-order valence-corrected chi connectivity index (χ0v) is 10.5. The lowest BCUT2D eigenvalue weighted by atomic mass is 10.1. The van der Waals surface area contributed by atoms with Gasteiger partial charge in [-0.15, -0.1) is 5.10 Å². The van der Waals surface area contributed by atoms with Crippen molar-refractivity contribution in [2.75, 3.05) is 0 Å². The van der Waals surface area contributed by atoms with Gasteiger partial charge in [-0.1, -0.05) is 35.0 Å². The van der Waals surface area contributed by atoms with Gasteiger partial charge < -0.3 is 5.11 Å². The maximum Gasteiger partial charge on any atom is 0.116 e. The van der Waals surface area contributed by atoms with Gasteiger partial charge in [0.1, 0.15) is 11.4 Å². The lowest BCUT2D eigenvalue weighted by molar-refractivity contribution is 0.475. The van der Waals surface area contributed by atoms with Crippen molar-refractivity contribution < 1.29 is 5.11 Å². The third kappa shape index (κ3) is 2.33. The average molecular weight is 251 g/mol. The summed E-state index contributed by atoms with van der Waals surface area (Å²) in [5.41, 5.74) is 3.75. The number of aromatic hydroxyl groups is 1. The number of hydrogen-bond acceptors (Lipinski definition) is 3. The Hall–Kier alpha value is -2.62. The number of aromatic nitrogens is 3. The molecule has 0 aliphatic heterocycles. The Balaban J connectivity index is 1.97. The second-order valence-electron chi connectivity index (χ2n) is 4.43. The van der Waals surface area contributed by atoms with Crippen LogP contribution in [0.15, 0.2) is 54.7 Å². The lowest BCUT2D eigenvalue weighted by Crippen LogP contribution is -1.94. The molecule has 0 aliphatic carbocycles. The molecule has 1 aromatic heterocycles. The Bertz CT molecular complexity index is 701. The number of hydrogen-bond donors (Lipinski definition) is 1. The normalized spacial score (nSPS) is 10.6. The summed E-state index contributed by atoms with van der Waals surface area (Å²) in [7, 11) is 0. The summed E-state index contributed by atoms with van der Waals surface area (Å²) in [6.45, 7) is 2.04. The van der Waals surface area contributed by atoms with Gasteiger partial charge in [-0.3, -0.25) is 0 Å². The summed E-state index contributed by atoms with van der Waals surface area (Å²) >= 11 is 0. The highest BCUT2D eigenvalue weighted by molar-refractivity contribution is 5.60. The van der Waals surface area contributed by atoms with Crippen LogP contribution >= 0.6 is 0 Å². The number of nitrogens with zero attached hydrogens (tertiary/aromatic N) is 3. The van der Waals surface area contributed by atoms with E-state index in [0.29, 0.717) is 0 Å². The van der Waals surface area contributed by atoms with Gasteiger partial charge >= 0.3 is 0 Å². The average Bonchev–Trinajstić information content (AvgIpc) is 2.89. The van der Waals surface area contributed by atoms with Crippen LogP contribution in [0.5, 0.6) is 5.75 Å². The van der Waals surface area contributed by atoms with E-state index >= 15 is 0 Å². The maximum atomic E-state index is 9.47. The molecular weight excluding hydrogens is 238 g/mol. The largest absolute Gasteiger partial charge is 0.508 e. The van der Waals surface area contributed by atoms with Gasteiger partial charge in [-0.2, -0.15) is 0 Å². The number of aryl methyl sites for hydroxylation is 1. The van der Waals surface area contributed by atoms with Gasteiger partial charge in [0.15, 0.2) is 0 Å². The molecule has 0 radical (unpaired) electrons. The third-order valence-electron chi connectivity index (χ3n) is 2.93. The number of rotatable bonds is 2. The zero-order chi connectivity index (χ0) is 13.2. The molecule has 4 nitrogen and oxygen atoms in total. The van der Waals surface area contributed by atoms with Gasteiger partial charge in [-0.25, -0.2) is 4.68 Å². The first-order valence-corrected chi connectivity index (χ1v) is 6.01. The van der Waals surface area contributed by atoms with E-state index in [1.54, 1.807) is 22.9 Å². The fourth-order valence-electron chi connectivity index (χ4n) is 1.89. The molecule has 0 spiro atoms. The van der Waals surface area contributed by atoms with Crippen molar-refractivity contribution in [1.29, 1.82) is 0 Å². The van der Waals surface area contributed by atoms with Crippen LogP contribution in [0.2, 0.25) is 0 Å². The van der Waals surface area contributed by atoms with E-state index in [4.69, 9.17) is 0 Å². The molecule has 3 rings (SSSR count). The molecule has 0 saturated heterocycles. The first kappa shape index (κ1) is 11.5. The first-order chi connectivity index (χ1) is 9.22. The highest BCUT2D eigenvalue weighted by Crippen LogP contribution is 2.21. The summed E-state index contributed by atoms with van der Waals surface area (Å²) in [4.78, 5) is 0. The van der Waals surface area contributed by atoms with Gasteiger partial charge in [0.05, 0.1) is 11.9 Å². The Morgan fingerprint density at radius 1 is 1.05 bits per heavy atom. The minimum absolute atomic E-state index is 0.224. The van der Waals surface area contributed by atoms with E-state index < -0.39 is 0 Å². The maximum absolute atomic E-state index is 9.47. The Morgan fingerprint density at radius 2 is 1.84 bits per heavy atom. The standard InChI is InChI=1S/C15H13N3O/c1-11-5-7-13(8-6-11)18-10-15(16-17-18)12-3-2-4-14(19)9-12/h2-10,19H,1H3. The van der Waals surface area contributed by atoms with Crippen molar-refractivity contribution in [3.05, 3.63) is 60.3 Å². The van der Waals surface area contributed by atoms with Crippen LogP contribution in [-0.4, -0.2) is 20.1 Å². The van der Waals surface area contributed by atoms with Crippen LogP contribution in [0.1, 0.15) is 5.56 Å².